The first kappa shape index (κ1) is 17.1. The number of hydrogen-bond donors (Lipinski definition) is 2. The molecule has 2 N–H and O–H groups in total. The van der Waals surface area contributed by atoms with E-state index in [1.54, 1.807) is 18.4 Å². The van der Waals surface area contributed by atoms with Crippen molar-refractivity contribution in [3.63, 3.8) is 0 Å². The summed E-state index contributed by atoms with van der Waals surface area (Å²) in [6.45, 7) is 6.19. The first-order valence-electron chi connectivity index (χ1n) is 7.37. The van der Waals surface area contributed by atoms with Crippen molar-refractivity contribution in [1.82, 2.24) is 14.9 Å². The lowest BCUT2D eigenvalue weighted by Crippen LogP contribution is -2.25. The third-order valence-electron chi connectivity index (χ3n) is 3.62. The lowest BCUT2D eigenvalue weighted by atomic mass is 10.2. The minimum Gasteiger partial charge on any atom is -0.481 e. The predicted octanol–water partition coefficient (Wildman–Crippen LogP) is 1.69. The molecule has 0 unspecified atom stereocenters. The van der Waals surface area contributed by atoms with Gasteiger partial charge in [0.2, 0.25) is 0 Å². The molecule has 0 aliphatic rings. The number of fused-ring (bicyclic) bond motifs is 1. The van der Waals surface area contributed by atoms with E-state index in [4.69, 9.17) is 5.11 Å². The minimum atomic E-state index is -0.892. The second kappa shape index (κ2) is 6.91. The molecule has 7 nitrogen and oxygen atoms in total. The Kier molecular flexibility index (Phi) is 5.15. The monoisotopic (exact) mass is 337 g/mol. The van der Waals surface area contributed by atoms with Gasteiger partial charge in [-0.2, -0.15) is 0 Å². The van der Waals surface area contributed by atoms with Crippen molar-refractivity contribution in [2.75, 3.05) is 6.54 Å². The van der Waals surface area contributed by atoms with Gasteiger partial charge in [-0.1, -0.05) is 0 Å². The summed E-state index contributed by atoms with van der Waals surface area (Å²) in [7, 11) is 0. The normalized spacial score (nSPS) is 10.9. The number of aryl methyl sites for hydroxylation is 2. The number of hydrogen-bond acceptors (Lipinski definition) is 5. The Morgan fingerprint density at radius 1 is 1.35 bits per heavy atom. The number of aliphatic carboxylic acids is 1. The number of carboxylic acids is 1. The van der Waals surface area contributed by atoms with E-state index in [-0.39, 0.29) is 24.4 Å². The van der Waals surface area contributed by atoms with Crippen LogP contribution >= 0.6 is 11.3 Å². The summed E-state index contributed by atoms with van der Waals surface area (Å²) >= 11 is 1.19. The van der Waals surface area contributed by atoms with E-state index in [1.165, 1.54) is 11.3 Å². The van der Waals surface area contributed by atoms with Crippen LogP contribution in [0.4, 0.5) is 0 Å². The number of nitrogens with one attached hydrogen (secondary N) is 1. The number of thiophene rings is 1. The van der Waals surface area contributed by atoms with Crippen molar-refractivity contribution in [3.8, 4) is 0 Å². The van der Waals surface area contributed by atoms with Crippen LogP contribution in [0.2, 0.25) is 0 Å². The number of amides is 1. The largest absolute Gasteiger partial charge is 0.481 e. The summed E-state index contributed by atoms with van der Waals surface area (Å²) in [5.74, 6) is -0.562. The second-order valence-electron chi connectivity index (χ2n) is 5.20. The molecule has 8 heteroatoms. The van der Waals surface area contributed by atoms with Crippen molar-refractivity contribution >= 4 is 33.4 Å². The Morgan fingerprint density at radius 2 is 2.04 bits per heavy atom. The maximum Gasteiger partial charge on any atom is 0.303 e. The smallest absolute Gasteiger partial charge is 0.303 e. The molecule has 2 aromatic rings. The molecule has 2 aromatic heterocycles. The van der Waals surface area contributed by atoms with E-state index < -0.39 is 5.97 Å². The number of carbonyl (C=O) groups excluding carboxylic acids is 1. The van der Waals surface area contributed by atoms with Gasteiger partial charge in [0.15, 0.2) is 0 Å². The second-order valence-corrected chi connectivity index (χ2v) is 6.20. The number of nitrogens with zero attached hydrogens (tertiary/aromatic N) is 2. The quantitative estimate of drug-likeness (QED) is 0.781. The fourth-order valence-corrected chi connectivity index (χ4v) is 3.56. The standard InChI is InChI=1S/C15H19N3O4S/c1-4-18-9(3)17-14-11(15(18)22)8(2)12(23-14)13(21)16-7-5-6-10(19)20/h4-7H2,1-3H3,(H,16,21)(H,19,20). The Labute approximate surface area is 137 Å². The van der Waals surface area contributed by atoms with Gasteiger partial charge < -0.3 is 10.4 Å². The Morgan fingerprint density at radius 3 is 2.65 bits per heavy atom. The predicted molar refractivity (Wildman–Crippen MR) is 88.2 cm³/mol. The summed E-state index contributed by atoms with van der Waals surface area (Å²) in [6, 6.07) is 0. The minimum absolute atomic E-state index is 0.00758. The lowest BCUT2D eigenvalue weighted by molar-refractivity contribution is -0.137. The molecule has 0 aliphatic heterocycles. The maximum absolute atomic E-state index is 12.5. The average Bonchev–Trinajstić information content (AvgIpc) is 2.80. The molecule has 0 spiro atoms. The molecule has 23 heavy (non-hydrogen) atoms. The van der Waals surface area contributed by atoms with Crippen LogP contribution in [0.25, 0.3) is 10.2 Å². The molecule has 0 aromatic carbocycles. The molecule has 0 fully saturated rings. The van der Waals surface area contributed by atoms with Crippen LogP contribution in [0.15, 0.2) is 4.79 Å². The average molecular weight is 337 g/mol. The van der Waals surface area contributed by atoms with Gasteiger partial charge in [-0.05, 0) is 32.8 Å². The lowest BCUT2D eigenvalue weighted by Gasteiger charge is -2.05. The zero-order valence-corrected chi connectivity index (χ0v) is 14.1. The highest BCUT2D eigenvalue weighted by Gasteiger charge is 2.20. The van der Waals surface area contributed by atoms with Crippen LogP contribution in [-0.4, -0.2) is 33.1 Å². The first-order valence-corrected chi connectivity index (χ1v) is 8.19. The molecule has 2 heterocycles. The van der Waals surface area contributed by atoms with Crippen LogP contribution in [0, 0.1) is 13.8 Å². The van der Waals surface area contributed by atoms with E-state index in [0.717, 1.165) is 0 Å². The highest BCUT2D eigenvalue weighted by atomic mass is 32.1. The molecule has 0 saturated heterocycles. The molecule has 2 rings (SSSR count). The summed E-state index contributed by atoms with van der Waals surface area (Å²) in [6.07, 6.45) is 0.374. The molecule has 1 amide bonds. The third kappa shape index (κ3) is 3.42. The topological polar surface area (TPSA) is 101 Å². The number of carbonyl (C=O) groups is 2. The van der Waals surface area contributed by atoms with Crippen molar-refractivity contribution in [2.45, 2.75) is 40.2 Å². The van der Waals surface area contributed by atoms with Crippen LogP contribution in [0.3, 0.4) is 0 Å². The third-order valence-corrected chi connectivity index (χ3v) is 4.80. The van der Waals surface area contributed by atoms with Gasteiger partial charge in [-0.3, -0.25) is 19.0 Å². The zero-order valence-electron chi connectivity index (χ0n) is 13.3. The molecular formula is C15H19N3O4S. The maximum atomic E-state index is 12.5. The Hall–Kier alpha value is -2.22. The summed E-state index contributed by atoms with van der Waals surface area (Å²) < 4.78 is 1.58. The van der Waals surface area contributed by atoms with E-state index in [2.05, 4.69) is 10.3 Å². The summed E-state index contributed by atoms with van der Waals surface area (Å²) in [5, 5.41) is 11.8. The van der Waals surface area contributed by atoms with Crippen molar-refractivity contribution in [1.29, 1.82) is 0 Å². The molecule has 0 radical (unpaired) electrons. The van der Waals surface area contributed by atoms with Gasteiger partial charge in [0.05, 0.1) is 10.3 Å². The molecule has 0 saturated carbocycles. The van der Waals surface area contributed by atoms with Gasteiger partial charge in [-0.25, -0.2) is 4.98 Å². The van der Waals surface area contributed by atoms with Gasteiger partial charge in [0, 0.05) is 19.5 Å². The van der Waals surface area contributed by atoms with E-state index in [9.17, 15) is 14.4 Å². The highest BCUT2D eigenvalue weighted by molar-refractivity contribution is 7.20. The molecule has 124 valence electrons. The van der Waals surface area contributed by atoms with Crippen molar-refractivity contribution in [2.24, 2.45) is 0 Å². The highest BCUT2D eigenvalue weighted by Crippen LogP contribution is 2.27. The van der Waals surface area contributed by atoms with Gasteiger partial charge in [-0.15, -0.1) is 11.3 Å². The molecule has 0 atom stereocenters. The first-order chi connectivity index (χ1) is 10.9. The fourth-order valence-electron chi connectivity index (χ4n) is 2.43. The SMILES string of the molecule is CCn1c(C)nc2sc(C(=O)NCCCC(=O)O)c(C)c2c1=O. The van der Waals surface area contributed by atoms with E-state index in [0.29, 0.717) is 39.4 Å². The van der Waals surface area contributed by atoms with Crippen molar-refractivity contribution in [3.05, 3.63) is 26.6 Å². The van der Waals surface area contributed by atoms with E-state index in [1.807, 2.05) is 6.92 Å². The Balaban J connectivity index is 2.30. The Bertz CT molecular complexity index is 822. The summed E-state index contributed by atoms with van der Waals surface area (Å²) in [5.41, 5.74) is 0.495. The molecule has 0 aliphatic carbocycles. The fraction of sp³-hybridized carbons (Fsp3) is 0.467. The molecule has 0 bridgehead atoms. The van der Waals surface area contributed by atoms with E-state index >= 15 is 0 Å². The molecular weight excluding hydrogens is 318 g/mol. The van der Waals surface area contributed by atoms with Crippen LogP contribution in [-0.2, 0) is 11.3 Å². The van der Waals surface area contributed by atoms with Crippen LogP contribution in [0.5, 0.6) is 0 Å². The van der Waals surface area contributed by atoms with Crippen molar-refractivity contribution < 1.29 is 14.7 Å². The van der Waals surface area contributed by atoms with Gasteiger partial charge in [0.1, 0.15) is 10.7 Å². The number of carboxylic acid groups (broad SMARTS) is 1. The summed E-state index contributed by atoms with van der Waals surface area (Å²) in [4.78, 5) is 40.6. The number of aromatic nitrogens is 2. The van der Waals surface area contributed by atoms with Crippen LogP contribution in [0.1, 0.15) is 40.8 Å². The van der Waals surface area contributed by atoms with Crippen LogP contribution < -0.4 is 10.9 Å². The zero-order chi connectivity index (χ0) is 17.1. The number of rotatable bonds is 6. The van der Waals surface area contributed by atoms with Gasteiger partial charge >= 0.3 is 5.97 Å². The van der Waals surface area contributed by atoms with Gasteiger partial charge in [0.25, 0.3) is 11.5 Å².